The van der Waals surface area contributed by atoms with E-state index in [9.17, 15) is 0 Å². The van der Waals surface area contributed by atoms with Gasteiger partial charge in [0.25, 0.3) is 0 Å². The maximum absolute atomic E-state index is 4.80. The third-order valence-corrected chi connectivity index (χ3v) is 5.49. The zero-order chi connectivity index (χ0) is 18.9. The fourth-order valence-electron chi connectivity index (χ4n) is 3.78. The number of halogens is 1. The SMILES string of the molecule is CCNC(=NCc1ccnc2ccccc12)NCCC1CCN(CC)CC1.I. The Labute approximate surface area is 186 Å². The number of benzene rings is 1. The third-order valence-electron chi connectivity index (χ3n) is 5.49. The first-order valence-corrected chi connectivity index (χ1v) is 10.4. The maximum Gasteiger partial charge on any atom is 0.191 e. The van der Waals surface area contributed by atoms with Gasteiger partial charge in [-0.15, -0.1) is 24.0 Å². The summed E-state index contributed by atoms with van der Waals surface area (Å²) < 4.78 is 0. The van der Waals surface area contributed by atoms with Gasteiger partial charge < -0.3 is 15.5 Å². The van der Waals surface area contributed by atoms with Gasteiger partial charge >= 0.3 is 0 Å². The molecule has 1 aromatic carbocycles. The average molecular weight is 495 g/mol. The van der Waals surface area contributed by atoms with Crippen molar-refractivity contribution in [1.29, 1.82) is 0 Å². The molecule has 0 spiro atoms. The third kappa shape index (κ3) is 6.58. The number of nitrogens with one attached hydrogen (secondary N) is 2. The molecule has 0 unspecified atom stereocenters. The molecule has 28 heavy (non-hydrogen) atoms. The second-order valence-electron chi connectivity index (χ2n) is 7.28. The van der Waals surface area contributed by atoms with E-state index in [-0.39, 0.29) is 24.0 Å². The largest absolute Gasteiger partial charge is 0.357 e. The number of aliphatic imine (C=N–C) groups is 1. The number of pyridine rings is 1. The van der Waals surface area contributed by atoms with E-state index in [1.807, 2.05) is 12.3 Å². The fraction of sp³-hybridized carbons (Fsp3) is 0.545. The molecular weight excluding hydrogens is 461 g/mol. The summed E-state index contributed by atoms with van der Waals surface area (Å²) >= 11 is 0. The Bertz CT molecular complexity index is 735. The highest BCUT2D eigenvalue weighted by atomic mass is 127. The van der Waals surface area contributed by atoms with E-state index in [0.717, 1.165) is 30.5 Å². The Hall–Kier alpha value is -1.41. The highest BCUT2D eigenvalue weighted by Gasteiger charge is 2.17. The molecule has 1 fully saturated rings. The quantitative estimate of drug-likeness (QED) is 0.346. The summed E-state index contributed by atoms with van der Waals surface area (Å²) in [6, 6.07) is 10.3. The number of aromatic nitrogens is 1. The minimum atomic E-state index is 0. The first kappa shape index (κ1) is 22.9. The number of fused-ring (bicyclic) bond motifs is 1. The molecule has 1 aliphatic rings. The lowest BCUT2D eigenvalue weighted by atomic mass is 9.93. The van der Waals surface area contributed by atoms with Gasteiger partial charge in [-0.3, -0.25) is 4.98 Å². The molecule has 2 N–H and O–H groups in total. The Kier molecular flexibility index (Phi) is 9.98. The smallest absolute Gasteiger partial charge is 0.191 e. The number of guanidine groups is 1. The molecule has 0 amide bonds. The number of nitrogens with zero attached hydrogens (tertiary/aromatic N) is 3. The highest BCUT2D eigenvalue weighted by Crippen LogP contribution is 2.19. The molecule has 1 aromatic heterocycles. The summed E-state index contributed by atoms with van der Waals surface area (Å²) in [5.41, 5.74) is 2.24. The first-order chi connectivity index (χ1) is 13.3. The predicted octanol–water partition coefficient (Wildman–Crippen LogP) is 4.03. The second kappa shape index (κ2) is 12.2. The van der Waals surface area contributed by atoms with Gasteiger partial charge in [0.05, 0.1) is 12.1 Å². The van der Waals surface area contributed by atoms with Gasteiger partial charge in [0.1, 0.15) is 0 Å². The topological polar surface area (TPSA) is 52.6 Å². The molecule has 0 atom stereocenters. The summed E-state index contributed by atoms with van der Waals surface area (Å²) in [5, 5.41) is 8.07. The summed E-state index contributed by atoms with van der Waals surface area (Å²) in [4.78, 5) is 11.8. The zero-order valence-electron chi connectivity index (χ0n) is 17.2. The van der Waals surface area contributed by atoms with E-state index in [1.165, 1.54) is 49.8 Å². The van der Waals surface area contributed by atoms with Crippen LogP contribution in [0.5, 0.6) is 0 Å². The lowest BCUT2D eigenvalue weighted by Gasteiger charge is -2.31. The van der Waals surface area contributed by atoms with Crippen molar-refractivity contribution in [3.05, 3.63) is 42.1 Å². The van der Waals surface area contributed by atoms with Gasteiger partial charge in [0.15, 0.2) is 5.96 Å². The van der Waals surface area contributed by atoms with Crippen LogP contribution in [-0.4, -0.2) is 48.6 Å². The molecule has 3 rings (SSSR count). The molecule has 1 aliphatic heterocycles. The van der Waals surface area contributed by atoms with Crippen LogP contribution in [0.15, 0.2) is 41.5 Å². The van der Waals surface area contributed by atoms with Crippen LogP contribution < -0.4 is 10.6 Å². The van der Waals surface area contributed by atoms with Crippen molar-refractivity contribution < 1.29 is 0 Å². The standard InChI is InChI=1S/C22H33N5.HI/c1-3-23-22(25-13-9-18-11-15-27(4-2)16-12-18)26-17-19-10-14-24-21-8-6-5-7-20(19)21;/h5-8,10,14,18H,3-4,9,11-13,15-17H2,1-2H3,(H2,23,25,26);1H. The summed E-state index contributed by atoms with van der Waals surface area (Å²) in [5.74, 6) is 1.75. The fourth-order valence-corrected chi connectivity index (χ4v) is 3.78. The van der Waals surface area contributed by atoms with Crippen molar-refractivity contribution >= 4 is 40.8 Å². The zero-order valence-corrected chi connectivity index (χ0v) is 19.5. The molecule has 1 saturated heterocycles. The molecule has 0 radical (unpaired) electrons. The van der Waals surface area contributed by atoms with Crippen molar-refractivity contribution in [3.8, 4) is 0 Å². The van der Waals surface area contributed by atoms with Gasteiger partial charge in [0.2, 0.25) is 0 Å². The van der Waals surface area contributed by atoms with E-state index in [1.54, 1.807) is 0 Å². The average Bonchev–Trinajstić information content (AvgIpc) is 2.72. The lowest BCUT2D eigenvalue weighted by molar-refractivity contribution is 0.187. The van der Waals surface area contributed by atoms with E-state index >= 15 is 0 Å². The minimum Gasteiger partial charge on any atom is -0.357 e. The van der Waals surface area contributed by atoms with Crippen molar-refractivity contribution in [2.24, 2.45) is 10.9 Å². The first-order valence-electron chi connectivity index (χ1n) is 10.4. The molecule has 5 nitrogen and oxygen atoms in total. The van der Waals surface area contributed by atoms with Crippen LogP contribution >= 0.6 is 24.0 Å². The molecular formula is C22H34IN5. The molecule has 2 heterocycles. The van der Waals surface area contributed by atoms with Gasteiger partial charge in [-0.2, -0.15) is 0 Å². The lowest BCUT2D eigenvalue weighted by Crippen LogP contribution is -2.39. The second-order valence-corrected chi connectivity index (χ2v) is 7.28. The Morgan fingerprint density at radius 2 is 1.93 bits per heavy atom. The van der Waals surface area contributed by atoms with Crippen molar-refractivity contribution in [1.82, 2.24) is 20.5 Å². The van der Waals surface area contributed by atoms with E-state index < -0.39 is 0 Å². The normalized spacial score (nSPS) is 16.0. The van der Waals surface area contributed by atoms with Gasteiger partial charge in [-0.05, 0) is 69.4 Å². The van der Waals surface area contributed by atoms with Crippen LogP contribution in [0.3, 0.4) is 0 Å². The van der Waals surface area contributed by atoms with Crippen LogP contribution in [0, 0.1) is 5.92 Å². The molecule has 0 aliphatic carbocycles. The van der Waals surface area contributed by atoms with Crippen LogP contribution in [0.4, 0.5) is 0 Å². The number of hydrogen-bond donors (Lipinski definition) is 2. The molecule has 2 aromatic rings. The van der Waals surface area contributed by atoms with Crippen LogP contribution in [0.25, 0.3) is 10.9 Å². The maximum atomic E-state index is 4.80. The Balaban J connectivity index is 0.00000280. The molecule has 154 valence electrons. The summed E-state index contributed by atoms with van der Waals surface area (Å²) in [6.45, 7) is 10.6. The van der Waals surface area contributed by atoms with E-state index in [0.29, 0.717) is 6.54 Å². The monoisotopic (exact) mass is 495 g/mol. The summed E-state index contributed by atoms with van der Waals surface area (Å²) in [6.07, 6.45) is 5.74. The molecule has 0 bridgehead atoms. The van der Waals surface area contributed by atoms with E-state index in [2.05, 4.69) is 58.6 Å². The Morgan fingerprint density at radius 1 is 1.14 bits per heavy atom. The number of likely N-dealkylation sites (tertiary alicyclic amines) is 1. The number of piperidine rings is 1. The number of rotatable bonds is 7. The van der Waals surface area contributed by atoms with E-state index in [4.69, 9.17) is 4.99 Å². The van der Waals surface area contributed by atoms with Gasteiger partial charge in [-0.1, -0.05) is 25.1 Å². The van der Waals surface area contributed by atoms with Crippen LogP contribution in [0.2, 0.25) is 0 Å². The van der Waals surface area contributed by atoms with Crippen molar-refractivity contribution in [3.63, 3.8) is 0 Å². The predicted molar refractivity (Wildman–Crippen MR) is 129 cm³/mol. The number of hydrogen-bond acceptors (Lipinski definition) is 3. The minimum absolute atomic E-state index is 0. The highest BCUT2D eigenvalue weighted by molar-refractivity contribution is 14.0. The number of para-hydroxylation sites is 1. The summed E-state index contributed by atoms with van der Waals surface area (Å²) in [7, 11) is 0. The van der Waals surface area contributed by atoms with Gasteiger partial charge in [0, 0.05) is 24.7 Å². The van der Waals surface area contributed by atoms with Crippen LogP contribution in [-0.2, 0) is 6.54 Å². The van der Waals surface area contributed by atoms with Crippen LogP contribution in [0.1, 0.15) is 38.7 Å². The molecule has 6 heteroatoms. The Morgan fingerprint density at radius 3 is 2.68 bits per heavy atom. The van der Waals surface area contributed by atoms with Crippen molar-refractivity contribution in [2.45, 2.75) is 39.7 Å². The van der Waals surface area contributed by atoms with Gasteiger partial charge in [-0.25, -0.2) is 4.99 Å². The van der Waals surface area contributed by atoms with Crippen molar-refractivity contribution in [2.75, 3.05) is 32.7 Å². The molecule has 0 saturated carbocycles.